The average molecular weight is 480 g/mol. The van der Waals surface area contributed by atoms with Crippen LogP contribution < -0.4 is 16.0 Å². The zero-order valence-corrected chi connectivity index (χ0v) is 18.8. The van der Waals surface area contributed by atoms with Gasteiger partial charge in [0.15, 0.2) is 0 Å². The lowest BCUT2D eigenvalue weighted by atomic mass is 10.2. The first-order valence-corrected chi connectivity index (χ1v) is 11.5. The smallest absolute Gasteiger partial charge is 0.387 e. The number of benzene rings is 2. The van der Waals surface area contributed by atoms with Gasteiger partial charge in [0.1, 0.15) is 10.4 Å². The van der Waals surface area contributed by atoms with Crippen molar-refractivity contribution in [1.82, 2.24) is 18.9 Å². The van der Waals surface area contributed by atoms with Gasteiger partial charge < -0.3 is 4.74 Å². The highest BCUT2D eigenvalue weighted by Crippen LogP contribution is 2.44. The Morgan fingerprint density at radius 2 is 1.76 bits per heavy atom. The number of hydrogen-bond acceptors (Lipinski definition) is 5. The zero-order chi connectivity index (χ0) is 23.6. The summed E-state index contributed by atoms with van der Waals surface area (Å²) in [5.74, 6) is 0.393. The van der Waals surface area contributed by atoms with Crippen LogP contribution in [-0.2, 0) is 7.05 Å². The molecular weight excluding hydrogens is 462 g/mol. The molecule has 10 heteroatoms. The Bertz CT molecular complexity index is 1680. The first kappa shape index (κ1) is 20.8. The van der Waals surface area contributed by atoms with Crippen LogP contribution in [0.5, 0.6) is 5.75 Å². The van der Waals surface area contributed by atoms with Gasteiger partial charge in [0.25, 0.3) is 5.56 Å². The van der Waals surface area contributed by atoms with E-state index < -0.39 is 12.3 Å². The number of aryl methyl sites for hydroxylation is 1. The van der Waals surface area contributed by atoms with Crippen LogP contribution in [0.2, 0.25) is 0 Å². The Morgan fingerprint density at radius 3 is 2.47 bits per heavy atom. The number of hydrogen-bond donors (Lipinski definition) is 0. The summed E-state index contributed by atoms with van der Waals surface area (Å²) in [7, 11) is 1.80. The van der Waals surface area contributed by atoms with Gasteiger partial charge >= 0.3 is 12.3 Å². The topological polar surface area (TPSA) is 71.1 Å². The summed E-state index contributed by atoms with van der Waals surface area (Å²) in [5, 5.41) is 5.15. The molecule has 34 heavy (non-hydrogen) atoms. The molecule has 0 amide bonds. The molecule has 0 aliphatic heterocycles. The standard InChI is InChI=1S/C24H18F2N4O3S/c1-28-12-14-10-16(6-9-18(14)27-28)30-22(31)21-19(11-20(34-21)13-2-3-13)29(24(30)32)15-4-7-17(8-5-15)33-23(25)26/h4-13,23H,2-3H2,1H3. The van der Waals surface area contributed by atoms with Gasteiger partial charge in [0.2, 0.25) is 0 Å². The van der Waals surface area contributed by atoms with Gasteiger partial charge in [0, 0.05) is 23.5 Å². The van der Waals surface area contributed by atoms with Crippen molar-refractivity contribution in [2.24, 2.45) is 7.05 Å². The highest BCUT2D eigenvalue weighted by Gasteiger charge is 2.28. The predicted octanol–water partition coefficient (Wildman–Crippen LogP) is 4.57. The van der Waals surface area contributed by atoms with E-state index in [9.17, 15) is 18.4 Å². The fourth-order valence-electron chi connectivity index (χ4n) is 4.21. The van der Waals surface area contributed by atoms with Gasteiger partial charge in [-0.15, -0.1) is 11.3 Å². The number of fused-ring (bicyclic) bond motifs is 2. The number of thiophene rings is 1. The first-order valence-electron chi connectivity index (χ1n) is 10.7. The van der Waals surface area contributed by atoms with Gasteiger partial charge in [-0.3, -0.25) is 14.0 Å². The van der Waals surface area contributed by atoms with Crippen molar-refractivity contribution in [2.75, 3.05) is 0 Å². The molecule has 0 bridgehead atoms. The fraction of sp³-hybridized carbons (Fsp3) is 0.208. The molecule has 3 heterocycles. The van der Waals surface area contributed by atoms with Crippen molar-refractivity contribution in [3.05, 3.63) is 80.4 Å². The first-order chi connectivity index (χ1) is 16.4. The number of ether oxygens (including phenoxy) is 1. The van der Waals surface area contributed by atoms with Crippen LogP contribution in [0.4, 0.5) is 8.78 Å². The van der Waals surface area contributed by atoms with Crippen LogP contribution in [0, 0.1) is 0 Å². The van der Waals surface area contributed by atoms with Crippen LogP contribution in [0.3, 0.4) is 0 Å². The van der Waals surface area contributed by atoms with Crippen LogP contribution in [0.1, 0.15) is 23.6 Å². The molecule has 172 valence electrons. The van der Waals surface area contributed by atoms with E-state index in [1.165, 1.54) is 40.2 Å². The van der Waals surface area contributed by atoms with E-state index in [0.717, 1.165) is 33.2 Å². The molecule has 0 saturated heterocycles. The van der Waals surface area contributed by atoms with E-state index in [-0.39, 0.29) is 11.3 Å². The van der Waals surface area contributed by atoms with E-state index in [2.05, 4.69) is 9.84 Å². The number of alkyl halides is 2. The van der Waals surface area contributed by atoms with Crippen LogP contribution in [0.25, 0.3) is 32.5 Å². The largest absolute Gasteiger partial charge is 0.435 e. The Balaban J connectivity index is 1.61. The SMILES string of the molecule is Cn1cc2cc(-n3c(=O)c4sc(C5CC5)cc4n(-c4ccc(OC(F)F)cc4)c3=O)ccc2n1. The summed E-state index contributed by atoms with van der Waals surface area (Å²) >= 11 is 1.41. The van der Waals surface area contributed by atoms with Crippen molar-refractivity contribution >= 4 is 32.5 Å². The van der Waals surface area contributed by atoms with Crippen LogP contribution in [0.15, 0.2) is 64.3 Å². The Hall–Kier alpha value is -3.79. The summed E-state index contributed by atoms with van der Waals surface area (Å²) < 4.78 is 34.4. The minimum absolute atomic E-state index is 0.0117. The summed E-state index contributed by atoms with van der Waals surface area (Å²) in [4.78, 5) is 28.4. The van der Waals surface area contributed by atoms with E-state index >= 15 is 0 Å². The quantitative estimate of drug-likeness (QED) is 0.370. The van der Waals surface area contributed by atoms with Gasteiger partial charge in [0.05, 0.1) is 22.4 Å². The minimum atomic E-state index is -2.94. The Labute approximate surface area is 195 Å². The lowest BCUT2D eigenvalue weighted by Gasteiger charge is -2.13. The van der Waals surface area contributed by atoms with Gasteiger partial charge in [-0.25, -0.2) is 9.36 Å². The molecule has 0 atom stereocenters. The van der Waals surface area contributed by atoms with E-state index in [4.69, 9.17) is 0 Å². The molecule has 1 aliphatic carbocycles. The van der Waals surface area contributed by atoms with Crippen molar-refractivity contribution in [3.63, 3.8) is 0 Å². The molecule has 0 N–H and O–H groups in total. The minimum Gasteiger partial charge on any atom is -0.435 e. The Morgan fingerprint density at radius 1 is 1.03 bits per heavy atom. The third kappa shape index (κ3) is 3.41. The van der Waals surface area contributed by atoms with Crippen LogP contribution in [-0.4, -0.2) is 25.5 Å². The monoisotopic (exact) mass is 480 g/mol. The summed E-state index contributed by atoms with van der Waals surface area (Å²) in [6, 6.07) is 13.0. The van der Waals surface area contributed by atoms with Gasteiger partial charge in [-0.05, 0) is 67.3 Å². The van der Waals surface area contributed by atoms with Crippen LogP contribution >= 0.6 is 11.3 Å². The summed E-state index contributed by atoms with van der Waals surface area (Å²) in [5.41, 5.74) is 1.24. The fourth-order valence-corrected chi connectivity index (χ4v) is 5.45. The molecule has 1 aliphatic rings. The Kier molecular flexibility index (Phi) is 4.66. The second kappa shape index (κ2) is 7.63. The molecule has 2 aromatic carbocycles. The zero-order valence-electron chi connectivity index (χ0n) is 17.9. The predicted molar refractivity (Wildman–Crippen MR) is 126 cm³/mol. The van der Waals surface area contributed by atoms with E-state index in [1.54, 1.807) is 29.9 Å². The highest BCUT2D eigenvalue weighted by molar-refractivity contribution is 7.19. The second-order valence-electron chi connectivity index (χ2n) is 8.31. The number of aromatic nitrogens is 4. The van der Waals surface area contributed by atoms with E-state index in [0.29, 0.717) is 27.5 Å². The summed E-state index contributed by atoms with van der Waals surface area (Å²) in [6.07, 6.45) is 3.93. The normalized spacial score (nSPS) is 13.9. The maximum absolute atomic E-state index is 13.8. The van der Waals surface area contributed by atoms with E-state index in [1.807, 2.05) is 12.3 Å². The molecule has 1 fully saturated rings. The number of nitrogens with zero attached hydrogens (tertiary/aromatic N) is 4. The third-order valence-corrected chi connectivity index (χ3v) is 7.19. The molecule has 6 rings (SSSR count). The van der Waals surface area contributed by atoms with Crippen molar-refractivity contribution < 1.29 is 13.5 Å². The lowest BCUT2D eigenvalue weighted by molar-refractivity contribution is -0.0498. The molecule has 7 nitrogen and oxygen atoms in total. The molecular formula is C24H18F2N4O3S. The van der Waals surface area contributed by atoms with Crippen molar-refractivity contribution in [1.29, 1.82) is 0 Å². The maximum atomic E-state index is 13.8. The number of halogens is 2. The van der Waals surface area contributed by atoms with Crippen molar-refractivity contribution in [3.8, 4) is 17.1 Å². The summed E-state index contributed by atoms with van der Waals surface area (Å²) in [6.45, 7) is -2.94. The number of rotatable bonds is 5. The van der Waals surface area contributed by atoms with Gasteiger partial charge in [-0.2, -0.15) is 13.9 Å². The molecule has 5 aromatic rings. The lowest BCUT2D eigenvalue weighted by Crippen LogP contribution is -2.37. The molecule has 1 saturated carbocycles. The molecule has 0 radical (unpaired) electrons. The average Bonchev–Trinajstić information content (AvgIpc) is 3.44. The molecule has 3 aromatic heterocycles. The maximum Gasteiger partial charge on any atom is 0.387 e. The molecule has 0 spiro atoms. The van der Waals surface area contributed by atoms with Crippen molar-refractivity contribution in [2.45, 2.75) is 25.4 Å². The third-order valence-electron chi connectivity index (χ3n) is 5.91. The molecule has 0 unspecified atom stereocenters. The second-order valence-corrected chi connectivity index (χ2v) is 9.40. The highest BCUT2D eigenvalue weighted by atomic mass is 32.1. The van der Waals surface area contributed by atoms with Gasteiger partial charge in [-0.1, -0.05) is 0 Å².